The number of ether oxygens (including phenoxy) is 2. The zero-order valence-electron chi connectivity index (χ0n) is 7.72. The van der Waals surface area contributed by atoms with Crippen LogP contribution in [-0.2, 0) is 14.3 Å². The molecule has 0 unspecified atom stereocenters. The number of aliphatic hydroxyl groups excluding tert-OH is 2. The second kappa shape index (κ2) is 4.93. The Morgan fingerprint density at radius 3 is 2.86 bits per heavy atom. The maximum absolute atomic E-state index is 10.7. The Kier molecular flexibility index (Phi) is 4.12. The molecule has 82 valence electrons. The molecule has 6 heteroatoms. The Hall–Kier alpha value is -0.360. The molecule has 1 saturated heterocycles. The highest BCUT2D eigenvalue weighted by atomic mass is 35.5. The predicted octanol–water partition coefficient (Wildman–Crippen LogP) is -0.375. The van der Waals surface area contributed by atoms with Gasteiger partial charge in [-0.25, -0.2) is 0 Å². The third-order valence-corrected chi connectivity index (χ3v) is 2.28. The first-order valence-corrected chi connectivity index (χ1v) is 4.74. The van der Waals surface area contributed by atoms with Crippen LogP contribution in [0.5, 0.6) is 0 Å². The topological polar surface area (TPSA) is 76.0 Å². The molecule has 0 aromatic rings. The highest BCUT2D eigenvalue weighted by Gasteiger charge is 2.38. The number of halogens is 1. The molecule has 1 aliphatic heterocycles. The van der Waals surface area contributed by atoms with Gasteiger partial charge in [-0.1, -0.05) is 11.6 Å². The molecule has 1 heterocycles. The van der Waals surface area contributed by atoms with Crippen molar-refractivity contribution in [2.75, 3.05) is 6.61 Å². The molecule has 2 N–H and O–H groups in total. The van der Waals surface area contributed by atoms with Crippen molar-refractivity contribution in [2.24, 2.45) is 0 Å². The van der Waals surface area contributed by atoms with E-state index in [1.54, 1.807) is 0 Å². The lowest BCUT2D eigenvalue weighted by atomic mass is 10.0. The largest absolute Gasteiger partial charge is 0.460 e. The van der Waals surface area contributed by atoms with Gasteiger partial charge in [-0.05, 0) is 0 Å². The number of hydrogen-bond acceptors (Lipinski definition) is 5. The summed E-state index contributed by atoms with van der Waals surface area (Å²) in [6.45, 7) is 0.890. The number of aliphatic hydroxyl groups is 2. The van der Waals surface area contributed by atoms with Gasteiger partial charge in [0.15, 0.2) is 0 Å². The minimum atomic E-state index is -1.03. The number of carbonyl (C=O) groups excluding carboxylic acids is 1. The highest BCUT2D eigenvalue weighted by Crippen LogP contribution is 2.24. The van der Waals surface area contributed by atoms with Crippen molar-refractivity contribution in [1.29, 1.82) is 0 Å². The van der Waals surface area contributed by atoms with Gasteiger partial charge < -0.3 is 19.7 Å². The lowest BCUT2D eigenvalue weighted by molar-refractivity contribution is -0.185. The Bertz CT molecular complexity index is 210. The standard InChI is InChI=1S/C8H13ClO5/c1-4(11)13-5-2-7(9)14-6(3-10)8(5)12/h5-8,10,12H,2-3H2,1H3/t5-,6-,7+,8+/m1/s1. The number of carbonyl (C=O) groups is 1. The van der Waals surface area contributed by atoms with E-state index in [9.17, 15) is 9.90 Å². The van der Waals surface area contributed by atoms with Crippen molar-refractivity contribution in [1.82, 2.24) is 0 Å². The summed E-state index contributed by atoms with van der Waals surface area (Å²) in [5.74, 6) is -0.489. The Morgan fingerprint density at radius 2 is 2.36 bits per heavy atom. The van der Waals surface area contributed by atoms with Crippen molar-refractivity contribution in [3.8, 4) is 0 Å². The molecule has 14 heavy (non-hydrogen) atoms. The van der Waals surface area contributed by atoms with E-state index in [4.69, 9.17) is 26.2 Å². The van der Waals surface area contributed by atoms with Crippen LogP contribution in [0, 0.1) is 0 Å². The molecule has 0 aromatic heterocycles. The molecule has 0 bridgehead atoms. The van der Waals surface area contributed by atoms with Crippen LogP contribution in [0.4, 0.5) is 0 Å². The maximum Gasteiger partial charge on any atom is 0.302 e. The van der Waals surface area contributed by atoms with Gasteiger partial charge in [0.1, 0.15) is 23.9 Å². The first-order valence-electron chi connectivity index (χ1n) is 4.30. The van der Waals surface area contributed by atoms with Crippen LogP contribution in [0.1, 0.15) is 13.3 Å². The summed E-state index contributed by atoms with van der Waals surface area (Å²) in [5, 5.41) is 18.4. The molecule has 0 aromatic carbocycles. The highest BCUT2D eigenvalue weighted by molar-refractivity contribution is 6.19. The molecular formula is C8H13ClO5. The monoisotopic (exact) mass is 224 g/mol. The van der Waals surface area contributed by atoms with Crippen LogP contribution in [0.15, 0.2) is 0 Å². The van der Waals surface area contributed by atoms with Gasteiger partial charge in [0.05, 0.1) is 6.61 Å². The third-order valence-electron chi connectivity index (χ3n) is 2.00. The number of rotatable bonds is 2. The van der Waals surface area contributed by atoms with E-state index in [2.05, 4.69) is 0 Å². The maximum atomic E-state index is 10.7. The molecule has 0 saturated carbocycles. The SMILES string of the molecule is CC(=O)O[C@@H]1C[C@@H](Cl)O[C@H](CO)[C@H]1O. The zero-order chi connectivity index (χ0) is 10.7. The summed E-state index contributed by atoms with van der Waals surface area (Å²) in [7, 11) is 0. The Balaban J connectivity index is 2.59. The summed E-state index contributed by atoms with van der Waals surface area (Å²) < 4.78 is 9.88. The fourth-order valence-electron chi connectivity index (χ4n) is 1.37. The molecule has 5 nitrogen and oxygen atoms in total. The van der Waals surface area contributed by atoms with E-state index in [0.29, 0.717) is 0 Å². The van der Waals surface area contributed by atoms with Gasteiger partial charge in [-0.2, -0.15) is 0 Å². The van der Waals surface area contributed by atoms with Gasteiger partial charge >= 0.3 is 5.97 Å². The second-order valence-corrected chi connectivity index (χ2v) is 3.63. The van der Waals surface area contributed by atoms with Crippen LogP contribution >= 0.6 is 11.6 Å². The quantitative estimate of drug-likeness (QED) is 0.494. The smallest absolute Gasteiger partial charge is 0.302 e. The molecule has 0 aliphatic carbocycles. The Morgan fingerprint density at radius 1 is 1.71 bits per heavy atom. The lowest BCUT2D eigenvalue weighted by Gasteiger charge is -2.35. The molecular weight excluding hydrogens is 212 g/mol. The average Bonchev–Trinajstić information content (AvgIpc) is 2.09. The lowest BCUT2D eigenvalue weighted by Crippen LogP contribution is -2.50. The molecule has 0 amide bonds. The van der Waals surface area contributed by atoms with Crippen molar-refractivity contribution < 1.29 is 24.5 Å². The van der Waals surface area contributed by atoms with Crippen molar-refractivity contribution in [3.05, 3.63) is 0 Å². The zero-order valence-corrected chi connectivity index (χ0v) is 8.48. The average molecular weight is 225 g/mol. The van der Waals surface area contributed by atoms with E-state index in [0.717, 1.165) is 0 Å². The van der Waals surface area contributed by atoms with Crippen LogP contribution in [0.25, 0.3) is 0 Å². The van der Waals surface area contributed by atoms with Gasteiger partial charge in [0, 0.05) is 13.3 Å². The van der Waals surface area contributed by atoms with E-state index < -0.39 is 29.8 Å². The van der Waals surface area contributed by atoms with Crippen LogP contribution in [0.2, 0.25) is 0 Å². The molecule has 0 radical (unpaired) electrons. The van der Waals surface area contributed by atoms with Crippen molar-refractivity contribution in [2.45, 2.75) is 37.2 Å². The third kappa shape index (κ3) is 2.81. The summed E-state index contributed by atoms with van der Waals surface area (Å²) in [6.07, 6.45) is -2.31. The predicted molar refractivity (Wildman–Crippen MR) is 47.8 cm³/mol. The van der Waals surface area contributed by atoms with E-state index >= 15 is 0 Å². The normalized spacial score (nSPS) is 38.0. The van der Waals surface area contributed by atoms with Crippen LogP contribution in [0.3, 0.4) is 0 Å². The summed E-state index contributed by atoms with van der Waals surface area (Å²) in [5.41, 5.74) is -0.653. The van der Waals surface area contributed by atoms with Gasteiger partial charge in [-0.3, -0.25) is 4.79 Å². The van der Waals surface area contributed by atoms with Crippen LogP contribution < -0.4 is 0 Å². The van der Waals surface area contributed by atoms with E-state index in [1.807, 2.05) is 0 Å². The molecule has 0 spiro atoms. The van der Waals surface area contributed by atoms with Crippen LogP contribution in [-0.4, -0.2) is 46.7 Å². The van der Waals surface area contributed by atoms with Gasteiger partial charge in [0.2, 0.25) is 0 Å². The number of alkyl halides is 1. The number of esters is 1. The van der Waals surface area contributed by atoms with Crippen molar-refractivity contribution >= 4 is 17.6 Å². The molecule has 4 atom stereocenters. The second-order valence-electron chi connectivity index (χ2n) is 3.14. The summed E-state index contributed by atoms with van der Waals surface area (Å²) in [6, 6.07) is 0. The number of hydrogen-bond donors (Lipinski definition) is 2. The summed E-state index contributed by atoms with van der Waals surface area (Å²) >= 11 is 5.70. The fourth-order valence-corrected chi connectivity index (χ4v) is 1.68. The molecule has 1 aliphatic rings. The first kappa shape index (κ1) is 11.7. The fraction of sp³-hybridized carbons (Fsp3) is 0.875. The first-order chi connectivity index (χ1) is 6.54. The molecule has 1 fully saturated rings. The van der Waals surface area contributed by atoms with Gasteiger partial charge in [-0.15, -0.1) is 0 Å². The minimum Gasteiger partial charge on any atom is -0.460 e. The summed E-state index contributed by atoms with van der Waals surface area (Å²) in [4.78, 5) is 10.7. The van der Waals surface area contributed by atoms with E-state index in [1.165, 1.54) is 6.92 Å². The van der Waals surface area contributed by atoms with E-state index in [-0.39, 0.29) is 13.0 Å². The van der Waals surface area contributed by atoms with Crippen molar-refractivity contribution in [3.63, 3.8) is 0 Å². The van der Waals surface area contributed by atoms with Gasteiger partial charge in [0.25, 0.3) is 0 Å². The molecule has 1 rings (SSSR count). The Labute approximate surface area is 86.6 Å². The minimum absolute atomic E-state index is 0.221.